The third-order valence-corrected chi connectivity index (χ3v) is 30.5. The first-order valence-electron chi connectivity index (χ1n) is 45.1. The van der Waals surface area contributed by atoms with E-state index in [4.69, 9.17) is 8.83 Å². The zero-order valence-electron chi connectivity index (χ0n) is 73.7. The van der Waals surface area contributed by atoms with Crippen molar-refractivity contribution in [2.75, 3.05) is 19.6 Å². The Labute approximate surface area is 766 Å². The summed E-state index contributed by atoms with van der Waals surface area (Å²) in [5, 5.41) is 4.48. The molecule has 0 N–H and O–H groups in total. The van der Waals surface area contributed by atoms with Crippen molar-refractivity contribution in [3.8, 4) is 75.1 Å². The molecule has 0 fully saturated rings. The van der Waals surface area contributed by atoms with Crippen LogP contribution in [0.3, 0.4) is 0 Å². The summed E-state index contributed by atoms with van der Waals surface area (Å²) in [7, 11) is 0. The van der Waals surface area contributed by atoms with Crippen LogP contribution in [0.15, 0.2) is 421 Å². The van der Waals surface area contributed by atoms with Crippen LogP contribution in [0.4, 0.5) is 68.2 Å². The van der Waals surface area contributed by atoms with Gasteiger partial charge >= 0.3 is 0 Å². The Morgan fingerprint density at radius 3 is 0.738 bits per heavy atom. The van der Waals surface area contributed by atoms with Gasteiger partial charge in [-0.3, -0.25) is 0 Å². The average molecular weight is 1710 g/mol. The number of anilines is 12. The molecule has 4 aliphatic carbocycles. The summed E-state index contributed by atoms with van der Waals surface area (Å²) in [6.07, 6.45) is 0. The summed E-state index contributed by atoms with van der Waals surface area (Å²) in [5.74, 6) is 0. The first-order chi connectivity index (χ1) is 63.5. The van der Waals surface area contributed by atoms with Crippen LogP contribution in [0.2, 0.25) is 0 Å². The minimum Gasteiger partial charge on any atom is -0.456 e. The van der Waals surface area contributed by atoms with Gasteiger partial charge in [-0.05, 0) is 235 Å². The monoisotopic (exact) mass is 1710 g/mol. The molecule has 624 valence electrons. The number of hydrogen-bond acceptors (Lipinski definition) is 8. The van der Waals surface area contributed by atoms with E-state index in [2.05, 4.69) is 469 Å². The van der Waals surface area contributed by atoms with Crippen LogP contribution >= 0.6 is 22.7 Å². The van der Waals surface area contributed by atoms with Crippen LogP contribution in [0.1, 0.15) is 99.9 Å². The van der Waals surface area contributed by atoms with E-state index in [0.717, 1.165) is 112 Å². The fourth-order valence-corrected chi connectivity index (χ4v) is 25.2. The first kappa shape index (κ1) is 78.4. The van der Waals surface area contributed by atoms with Crippen molar-refractivity contribution in [2.45, 2.75) is 77.0 Å². The Bertz CT molecular complexity index is 8060. The second-order valence-corrected chi connectivity index (χ2v) is 39.0. The van der Waals surface area contributed by atoms with E-state index in [1.807, 2.05) is 40.9 Å². The lowest BCUT2D eigenvalue weighted by Crippen LogP contribution is -2.23. The predicted octanol–water partition coefficient (Wildman–Crippen LogP) is 35.4. The van der Waals surface area contributed by atoms with Crippen LogP contribution in [0.5, 0.6) is 0 Å². The summed E-state index contributed by atoms with van der Waals surface area (Å²) >= 11 is 3.96. The molecule has 17 aromatic carbocycles. The predicted molar refractivity (Wildman–Crippen MR) is 548 cm³/mol. The summed E-state index contributed by atoms with van der Waals surface area (Å²) in [6, 6.07) is 150. The highest BCUT2D eigenvalue weighted by Gasteiger charge is 2.51. The second kappa shape index (κ2) is 30.3. The van der Waals surface area contributed by atoms with Gasteiger partial charge in [0.2, 0.25) is 0 Å². The highest BCUT2D eigenvalue weighted by Crippen LogP contribution is 2.67. The molecule has 25 rings (SSSR count). The van der Waals surface area contributed by atoms with Crippen LogP contribution in [0.25, 0.3) is 119 Å². The lowest BCUT2D eigenvalue weighted by molar-refractivity contribution is 0.603. The molecule has 0 amide bonds. The molecule has 6 nitrogen and oxygen atoms in total. The van der Waals surface area contributed by atoms with Crippen molar-refractivity contribution >= 4 is 135 Å². The maximum atomic E-state index is 6.34. The van der Waals surface area contributed by atoms with Crippen molar-refractivity contribution in [3.05, 3.63) is 457 Å². The molecular weight excluding hydrogens is 1620 g/mol. The molecule has 0 unspecified atom stereocenters. The number of para-hydroxylation sites is 8. The van der Waals surface area contributed by atoms with E-state index < -0.39 is 0 Å². The average Bonchev–Trinajstić information content (AvgIpc) is 1.52. The molecule has 4 aliphatic rings. The molecule has 21 aromatic rings. The minimum atomic E-state index is -0.257. The molecule has 0 radical (unpaired) electrons. The Hall–Kier alpha value is -15.1. The molecule has 8 heteroatoms. The normalized spacial score (nSPS) is 13.9. The Balaban J connectivity index is 0.000000145. The number of hydrogen-bond donors (Lipinski definition) is 0. The van der Waals surface area contributed by atoms with Gasteiger partial charge in [-0.15, -0.1) is 22.7 Å². The third-order valence-electron chi connectivity index (χ3n) is 28.0. The Morgan fingerprint density at radius 2 is 0.415 bits per heavy atom. The smallest absolute Gasteiger partial charge is 0.135 e. The molecule has 0 bridgehead atoms. The van der Waals surface area contributed by atoms with Crippen LogP contribution in [-0.4, -0.2) is 0 Å². The maximum Gasteiger partial charge on any atom is 0.135 e. The largest absolute Gasteiger partial charge is 0.456 e. The van der Waals surface area contributed by atoms with Gasteiger partial charge in [0.05, 0.1) is 17.1 Å². The zero-order chi connectivity index (χ0) is 87.5. The number of thiophene rings is 2. The number of rotatable bonds is 15. The van der Waals surface area contributed by atoms with E-state index >= 15 is 0 Å². The number of benzene rings is 17. The molecule has 0 spiro atoms. The van der Waals surface area contributed by atoms with Gasteiger partial charge in [-0.2, -0.15) is 0 Å². The van der Waals surface area contributed by atoms with Gasteiger partial charge in [0.25, 0.3) is 0 Å². The van der Waals surface area contributed by atoms with Crippen LogP contribution < -0.4 is 19.6 Å². The van der Waals surface area contributed by atoms with Crippen molar-refractivity contribution in [1.82, 2.24) is 0 Å². The van der Waals surface area contributed by atoms with E-state index in [-0.39, 0.29) is 21.7 Å². The van der Waals surface area contributed by atoms with Crippen LogP contribution in [0, 0.1) is 0 Å². The lowest BCUT2D eigenvalue weighted by Gasteiger charge is -2.32. The summed E-state index contributed by atoms with van der Waals surface area (Å²) in [5.41, 5.74) is 40.2. The standard InChI is InChI=1S/C64H48N2OS.C58H44N2OS/c1-63(2)53-39-45(65(43-24-12-7-13-25-43)55-29-17-14-26-47(55)41-20-8-5-9-21-41)32-35-50(53)61-59(63)60-62(68-61)51-36-33-46(40-54(51)64(60,3)4)66(56-30-18-15-27-48(56)42-22-10-6-11-23-42)44-34-37-58-52(38-44)49-28-16-19-31-57(49)67-58;1-57(2)48-35-41(59(38-20-10-6-11-21-38)40-30-33-52-47(34-40)44-25-15-17-27-51(44)61-52)28-31-45(48)55-53(57)54-56(62-55)46-32-29-42(36-49(46)58(54,3)4)60(39-22-12-7-13-23-39)50-26-16-14-24-43(50)37-18-8-5-9-19-37/h5-40H,1-4H3;5-36H,1-4H3. The van der Waals surface area contributed by atoms with E-state index in [1.54, 1.807) is 0 Å². The van der Waals surface area contributed by atoms with E-state index in [9.17, 15) is 0 Å². The molecule has 0 atom stereocenters. The molecule has 130 heavy (non-hydrogen) atoms. The summed E-state index contributed by atoms with van der Waals surface area (Å²) < 4.78 is 12.6. The second-order valence-electron chi connectivity index (χ2n) is 37.0. The van der Waals surface area contributed by atoms with Crippen molar-refractivity contribution < 1.29 is 8.83 Å². The van der Waals surface area contributed by atoms with Crippen molar-refractivity contribution in [3.63, 3.8) is 0 Å². The molecule has 0 aliphatic heterocycles. The van der Waals surface area contributed by atoms with Gasteiger partial charge in [0, 0.05) is 131 Å². The zero-order valence-corrected chi connectivity index (χ0v) is 75.3. The van der Waals surface area contributed by atoms with Gasteiger partial charge in [0.1, 0.15) is 22.3 Å². The highest BCUT2D eigenvalue weighted by atomic mass is 32.1. The first-order valence-corrected chi connectivity index (χ1v) is 46.7. The number of fused-ring (bicyclic) bond motifs is 20. The van der Waals surface area contributed by atoms with E-state index in [1.165, 1.54) is 120 Å². The van der Waals surface area contributed by atoms with Gasteiger partial charge in [0.15, 0.2) is 0 Å². The van der Waals surface area contributed by atoms with Crippen LogP contribution in [-0.2, 0) is 21.7 Å². The van der Waals surface area contributed by atoms with Crippen molar-refractivity contribution in [1.29, 1.82) is 0 Å². The lowest BCUT2D eigenvalue weighted by atomic mass is 9.74. The fraction of sp³-hybridized carbons (Fsp3) is 0.0984. The maximum absolute atomic E-state index is 6.34. The third kappa shape index (κ3) is 12.4. The molecule has 4 heterocycles. The number of nitrogens with zero attached hydrogens (tertiary/aromatic N) is 4. The quantitative estimate of drug-likeness (QED) is 0.102. The molecule has 0 saturated carbocycles. The molecule has 0 saturated heterocycles. The minimum absolute atomic E-state index is 0.215. The fourth-order valence-electron chi connectivity index (χ4n) is 21.8. The summed E-state index contributed by atoms with van der Waals surface area (Å²) in [6.45, 7) is 19.5. The Morgan fingerprint density at radius 1 is 0.185 bits per heavy atom. The Kier molecular flexibility index (Phi) is 18.3. The topological polar surface area (TPSA) is 39.2 Å². The van der Waals surface area contributed by atoms with Gasteiger partial charge in [-0.25, -0.2) is 0 Å². The van der Waals surface area contributed by atoms with Gasteiger partial charge in [-0.1, -0.05) is 316 Å². The SMILES string of the molecule is CC1(C)c2cc(N(c3ccccc3)c3ccc4oc5ccccc5c4c3)ccc2-c2sc3c(c21)C(C)(C)c1cc(N(c2ccccc2)c2ccccc2-c2ccccc2)ccc1-3.CC1(C)c2cc(N(c3ccccc3)c3ccccc3-c3ccccc3)ccc2-c2sc3c(c21)C(C)(C)c1cc(N(c2ccc4oc5ccccc5c4c2)c2ccccc2-c2ccccc2)ccc1-3. The van der Waals surface area contributed by atoms with E-state index in [0.29, 0.717) is 0 Å². The summed E-state index contributed by atoms with van der Waals surface area (Å²) in [4.78, 5) is 15.3. The molecular formula is C122H92N4O2S2. The number of furan rings is 2. The highest BCUT2D eigenvalue weighted by molar-refractivity contribution is 7.20. The molecule has 4 aromatic heterocycles. The van der Waals surface area contributed by atoms with Crippen molar-refractivity contribution in [2.24, 2.45) is 0 Å². The van der Waals surface area contributed by atoms with Gasteiger partial charge < -0.3 is 28.4 Å².